The molecule has 0 saturated heterocycles. The predicted octanol–water partition coefficient (Wildman–Crippen LogP) is 4.48. The molecule has 1 aromatic carbocycles. The first-order valence-corrected chi connectivity index (χ1v) is 6.91. The van der Waals surface area contributed by atoms with E-state index in [1.54, 1.807) is 0 Å². The number of nitrogens with two attached hydrogens (primary N) is 1. The zero-order chi connectivity index (χ0) is 13.0. The average Bonchev–Trinajstić information content (AvgIpc) is 2.77. The third kappa shape index (κ3) is 2.50. The van der Waals surface area contributed by atoms with Crippen LogP contribution in [0.4, 0.5) is 5.82 Å². The predicted molar refractivity (Wildman–Crippen MR) is 75.6 cm³/mol. The summed E-state index contributed by atoms with van der Waals surface area (Å²) in [4.78, 5) is 0. The Labute approximate surface area is 108 Å². The summed E-state index contributed by atoms with van der Waals surface area (Å²) in [6.07, 6.45) is 6.18. The van der Waals surface area contributed by atoms with Gasteiger partial charge in [0.2, 0.25) is 0 Å². The van der Waals surface area contributed by atoms with Crippen LogP contribution in [-0.2, 0) is 0 Å². The maximum atomic E-state index is 5.92. The molecular formula is C15H22N2O. The van der Waals surface area contributed by atoms with Crippen LogP contribution in [0.3, 0.4) is 0 Å². The van der Waals surface area contributed by atoms with E-state index in [0.29, 0.717) is 11.7 Å². The van der Waals surface area contributed by atoms with Crippen LogP contribution in [0.5, 0.6) is 0 Å². The van der Waals surface area contributed by atoms with Crippen molar-refractivity contribution in [2.75, 3.05) is 5.73 Å². The molecule has 98 valence electrons. The lowest BCUT2D eigenvalue weighted by Crippen LogP contribution is -1.99. The van der Waals surface area contributed by atoms with Crippen molar-refractivity contribution in [3.05, 3.63) is 23.8 Å². The van der Waals surface area contributed by atoms with E-state index in [2.05, 4.69) is 25.1 Å². The van der Waals surface area contributed by atoms with Gasteiger partial charge in [-0.1, -0.05) is 50.4 Å². The summed E-state index contributed by atoms with van der Waals surface area (Å²) in [5.74, 6) is 1.08. The van der Waals surface area contributed by atoms with E-state index < -0.39 is 0 Å². The Balaban J connectivity index is 2.29. The number of unbranched alkanes of at least 4 members (excludes halogenated alkanes) is 2. The molecule has 3 nitrogen and oxygen atoms in total. The first-order valence-electron chi connectivity index (χ1n) is 6.91. The number of hydrogen-bond acceptors (Lipinski definition) is 3. The highest BCUT2D eigenvalue weighted by Gasteiger charge is 2.16. The Bertz CT molecular complexity index is 504. The molecule has 0 spiro atoms. The largest absolute Gasteiger partial charge is 0.380 e. The van der Waals surface area contributed by atoms with E-state index >= 15 is 0 Å². The number of aromatic nitrogens is 1. The van der Waals surface area contributed by atoms with Crippen LogP contribution in [0.15, 0.2) is 22.7 Å². The van der Waals surface area contributed by atoms with E-state index in [-0.39, 0.29) is 0 Å². The Morgan fingerprint density at radius 1 is 1.28 bits per heavy atom. The fraction of sp³-hybridized carbons (Fsp3) is 0.533. The number of anilines is 1. The summed E-state index contributed by atoms with van der Waals surface area (Å²) in [5.41, 5.74) is 8.02. The zero-order valence-electron chi connectivity index (χ0n) is 11.3. The highest BCUT2D eigenvalue weighted by atomic mass is 16.5. The summed E-state index contributed by atoms with van der Waals surface area (Å²) in [7, 11) is 0. The summed E-state index contributed by atoms with van der Waals surface area (Å²) >= 11 is 0. The molecule has 3 heteroatoms. The normalized spacial score (nSPS) is 13.0. The highest BCUT2D eigenvalue weighted by molar-refractivity contribution is 5.90. The maximum absolute atomic E-state index is 5.92. The Hall–Kier alpha value is -1.51. The van der Waals surface area contributed by atoms with Crippen LogP contribution in [0, 0.1) is 0 Å². The van der Waals surface area contributed by atoms with Gasteiger partial charge in [0.05, 0.1) is 5.39 Å². The second kappa shape index (κ2) is 5.89. The van der Waals surface area contributed by atoms with E-state index in [4.69, 9.17) is 10.3 Å². The fourth-order valence-corrected chi connectivity index (χ4v) is 2.60. The van der Waals surface area contributed by atoms with Crippen molar-refractivity contribution < 1.29 is 4.52 Å². The number of benzene rings is 1. The molecule has 0 saturated carbocycles. The molecule has 2 aromatic rings. The van der Waals surface area contributed by atoms with E-state index in [1.165, 1.54) is 31.2 Å². The van der Waals surface area contributed by atoms with Crippen molar-refractivity contribution in [3.63, 3.8) is 0 Å². The van der Waals surface area contributed by atoms with Gasteiger partial charge in [-0.15, -0.1) is 0 Å². The fourth-order valence-electron chi connectivity index (χ4n) is 2.60. The second-order valence-electron chi connectivity index (χ2n) is 4.89. The number of nitrogens with zero attached hydrogens (tertiary/aromatic N) is 1. The van der Waals surface area contributed by atoms with Crippen molar-refractivity contribution in [2.24, 2.45) is 0 Å². The van der Waals surface area contributed by atoms with Crippen LogP contribution in [0.25, 0.3) is 11.0 Å². The minimum Gasteiger partial charge on any atom is -0.380 e. The molecule has 0 aliphatic rings. The van der Waals surface area contributed by atoms with Gasteiger partial charge in [-0.25, -0.2) is 0 Å². The molecule has 1 heterocycles. The smallest absolute Gasteiger partial charge is 0.175 e. The summed E-state index contributed by atoms with van der Waals surface area (Å²) in [5, 5.41) is 4.89. The summed E-state index contributed by atoms with van der Waals surface area (Å²) in [6, 6.07) is 6.13. The van der Waals surface area contributed by atoms with Crippen molar-refractivity contribution in [3.8, 4) is 0 Å². The van der Waals surface area contributed by atoms with Gasteiger partial charge in [-0.05, 0) is 30.4 Å². The summed E-state index contributed by atoms with van der Waals surface area (Å²) < 4.78 is 5.23. The number of fused-ring (bicyclic) bond motifs is 1. The third-order valence-electron chi connectivity index (χ3n) is 3.65. The van der Waals surface area contributed by atoms with Crippen LogP contribution in [-0.4, -0.2) is 5.16 Å². The van der Waals surface area contributed by atoms with Crippen LogP contribution >= 0.6 is 0 Å². The van der Waals surface area contributed by atoms with Crippen LogP contribution in [0.2, 0.25) is 0 Å². The molecule has 1 unspecified atom stereocenters. The molecule has 0 amide bonds. The molecule has 1 atom stereocenters. The highest BCUT2D eigenvalue weighted by Crippen LogP contribution is 2.34. The third-order valence-corrected chi connectivity index (χ3v) is 3.65. The number of rotatable bonds is 6. The van der Waals surface area contributed by atoms with Gasteiger partial charge in [0.15, 0.2) is 11.4 Å². The van der Waals surface area contributed by atoms with Gasteiger partial charge >= 0.3 is 0 Å². The van der Waals surface area contributed by atoms with E-state index in [1.807, 2.05) is 12.1 Å². The Kier molecular flexibility index (Phi) is 4.24. The molecule has 2 N–H and O–H groups in total. The lowest BCUT2D eigenvalue weighted by atomic mass is 9.89. The second-order valence-corrected chi connectivity index (χ2v) is 4.89. The monoisotopic (exact) mass is 246 g/mol. The minimum atomic E-state index is 0.523. The average molecular weight is 246 g/mol. The van der Waals surface area contributed by atoms with Crippen LogP contribution < -0.4 is 5.73 Å². The molecule has 0 aliphatic heterocycles. The molecule has 18 heavy (non-hydrogen) atoms. The van der Waals surface area contributed by atoms with Crippen LogP contribution in [0.1, 0.15) is 57.4 Å². The zero-order valence-corrected chi connectivity index (χ0v) is 11.3. The lowest BCUT2D eigenvalue weighted by Gasteiger charge is -2.16. The van der Waals surface area contributed by atoms with Gasteiger partial charge in [-0.3, -0.25) is 0 Å². The quantitative estimate of drug-likeness (QED) is 0.764. The molecule has 0 bridgehead atoms. The molecule has 0 fully saturated rings. The van der Waals surface area contributed by atoms with E-state index in [0.717, 1.165) is 17.4 Å². The molecule has 1 aromatic heterocycles. The minimum absolute atomic E-state index is 0.523. The van der Waals surface area contributed by atoms with Gasteiger partial charge in [-0.2, -0.15) is 0 Å². The molecule has 2 rings (SSSR count). The standard InChI is InChI=1S/C15H22N2O/c1-3-5-6-8-11(4-2)12-9-7-10-13-14(12)15(16)17-18-13/h7,9-11H,3-6,8H2,1-2H3,(H2,16,17). The maximum Gasteiger partial charge on any atom is 0.175 e. The Morgan fingerprint density at radius 3 is 2.83 bits per heavy atom. The SMILES string of the molecule is CCCCCC(CC)c1cccc2onc(N)c12. The van der Waals surface area contributed by atoms with Crippen molar-refractivity contribution in [1.82, 2.24) is 5.16 Å². The Morgan fingerprint density at radius 2 is 2.11 bits per heavy atom. The first-order chi connectivity index (χ1) is 8.77. The number of nitrogen functional groups attached to an aromatic ring is 1. The number of hydrogen-bond donors (Lipinski definition) is 1. The first kappa shape index (κ1) is 12.9. The molecule has 0 radical (unpaired) electrons. The van der Waals surface area contributed by atoms with Crippen molar-refractivity contribution >= 4 is 16.8 Å². The lowest BCUT2D eigenvalue weighted by molar-refractivity contribution is 0.460. The van der Waals surface area contributed by atoms with Gasteiger partial charge in [0, 0.05) is 0 Å². The van der Waals surface area contributed by atoms with Crippen molar-refractivity contribution in [2.45, 2.75) is 51.9 Å². The van der Waals surface area contributed by atoms with Gasteiger partial charge in [0.25, 0.3) is 0 Å². The van der Waals surface area contributed by atoms with E-state index in [9.17, 15) is 0 Å². The topological polar surface area (TPSA) is 52.0 Å². The van der Waals surface area contributed by atoms with Gasteiger partial charge in [0.1, 0.15) is 0 Å². The molecule has 0 aliphatic carbocycles. The van der Waals surface area contributed by atoms with Crippen molar-refractivity contribution in [1.29, 1.82) is 0 Å². The summed E-state index contributed by atoms with van der Waals surface area (Å²) in [6.45, 7) is 4.47. The molecular weight excluding hydrogens is 224 g/mol. The van der Waals surface area contributed by atoms with Gasteiger partial charge < -0.3 is 10.3 Å².